The van der Waals surface area contributed by atoms with Gasteiger partial charge in [-0.2, -0.15) is 0 Å². The zero-order valence-corrected chi connectivity index (χ0v) is 9.84. The van der Waals surface area contributed by atoms with Crippen molar-refractivity contribution in [2.75, 3.05) is 6.54 Å². The van der Waals surface area contributed by atoms with Gasteiger partial charge in [-0.1, -0.05) is 6.07 Å². The summed E-state index contributed by atoms with van der Waals surface area (Å²) in [4.78, 5) is 3.98. The molecule has 0 saturated carbocycles. The molecule has 2 nitrogen and oxygen atoms in total. The molecule has 1 N–H and O–H groups in total. The summed E-state index contributed by atoms with van der Waals surface area (Å²) in [6.45, 7) is 8.31. The summed E-state index contributed by atoms with van der Waals surface area (Å²) in [7, 11) is 0. The molecule has 0 aliphatic rings. The Kier molecular flexibility index (Phi) is 3.80. The standard InChI is InChI=1S/C12H19FN2/c1-9-5-10(7-14-6-9)11(13)8-15-12(2,3)4/h5-7,11,15H,8H2,1-4H3. The normalized spacial score (nSPS) is 13.9. The highest BCUT2D eigenvalue weighted by Gasteiger charge is 2.15. The highest BCUT2D eigenvalue weighted by atomic mass is 19.1. The molecule has 1 rings (SSSR count). The lowest BCUT2D eigenvalue weighted by Crippen LogP contribution is -2.37. The number of alkyl halides is 1. The number of halogens is 1. The van der Waals surface area contributed by atoms with Crippen LogP contribution in [0.3, 0.4) is 0 Å². The molecule has 0 spiro atoms. The van der Waals surface area contributed by atoms with Gasteiger partial charge in [0.25, 0.3) is 0 Å². The van der Waals surface area contributed by atoms with Crippen LogP contribution in [0.15, 0.2) is 18.5 Å². The molecule has 1 aromatic rings. The summed E-state index contributed by atoms with van der Waals surface area (Å²) in [5.41, 5.74) is 1.58. The van der Waals surface area contributed by atoms with E-state index in [2.05, 4.69) is 10.3 Å². The molecule has 15 heavy (non-hydrogen) atoms. The molecule has 1 unspecified atom stereocenters. The fourth-order valence-corrected chi connectivity index (χ4v) is 1.26. The minimum absolute atomic E-state index is 0.0540. The van der Waals surface area contributed by atoms with Crippen LogP contribution in [-0.2, 0) is 0 Å². The Morgan fingerprint density at radius 1 is 1.40 bits per heavy atom. The fraction of sp³-hybridized carbons (Fsp3) is 0.583. The lowest BCUT2D eigenvalue weighted by atomic mass is 10.1. The Morgan fingerprint density at radius 3 is 2.60 bits per heavy atom. The van der Waals surface area contributed by atoms with Crippen LogP contribution in [0.5, 0.6) is 0 Å². The van der Waals surface area contributed by atoms with Gasteiger partial charge < -0.3 is 5.32 Å². The highest BCUT2D eigenvalue weighted by Crippen LogP contribution is 2.17. The Balaban J connectivity index is 2.58. The van der Waals surface area contributed by atoms with Crippen molar-refractivity contribution in [1.82, 2.24) is 10.3 Å². The van der Waals surface area contributed by atoms with Crippen LogP contribution < -0.4 is 5.32 Å². The largest absolute Gasteiger partial charge is 0.309 e. The van der Waals surface area contributed by atoms with E-state index < -0.39 is 6.17 Å². The quantitative estimate of drug-likeness (QED) is 0.829. The van der Waals surface area contributed by atoms with E-state index in [1.165, 1.54) is 0 Å². The Hall–Kier alpha value is -0.960. The molecule has 0 aromatic carbocycles. The number of rotatable bonds is 3. The highest BCUT2D eigenvalue weighted by molar-refractivity contribution is 5.19. The molecular formula is C12H19FN2. The molecule has 0 aliphatic heterocycles. The molecule has 0 saturated heterocycles. The van der Waals surface area contributed by atoms with Crippen molar-refractivity contribution >= 4 is 0 Å². The van der Waals surface area contributed by atoms with Gasteiger partial charge in [-0.3, -0.25) is 4.98 Å². The third-order valence-corrected chi connectivity index (χ3v) is 2.07. The first-order valence-electron chi connectivity index (χ1n) is 5.19. The predicted octanol–water partition coefficient (Wildman–Crippen LogP) is 2.79. The van der Waals surface area contributed by atoms with Crippen molar-refractivity contribution in [3.05, 3.63) is 29.6 Å². The van der Waals surface area contributed by atoms with Crippen LogP contribution in [0.2, 0.25) is 0 Å². The van der Waals surface area contributed by atoms with Crippen LogP contribution in [0.25, 0.3) is 0 Å². The lowest BCUT2D eigenvalue weighted by Gasteiger charge is -2.22. The van der Waals surface area contributed by atoms with E-state index in [-0.39, 0.29) is 5.54 Å². The van der Waals surface area contributed by atoms with Gasteiger partial charge in [0.2, 0.25) is 0 Å². The predicted molar refractivity (Wildman–Crippen MR) is 60.6 cm³/mol. The summed E-state index contributed by atoms with van der Waals surface area (Å²) in [6, 6.07) is 1.84. The van der Waals surface area contributed by atoms with Crippen LogP contribution in [-0.4, -0.2) is 17.1 Å². The molecule has 0 amide bonds. The molecule has 0 bridgehead atoms. The first-order valence-corrected chi connectivity index (χ1v) is 5.19. The SMILES string of the molecule is Cc1cncc(C(F)CNC(C)(C)C)c1. The van der Waals surface area contributed by atoms with Gasteiger partial charge in [0.15, 0.2) is 0 Å². The molecule has 1 atom stereocenters. The molecular weight excluding hydrogens is 191 g/mol. The maximum Gasteiger partial charge on any atom is 0.139 e. The Morgan fingerprint density at radius 2 is 2.07 bits per heavy atom. The van der Waals surface area contributed by atoms with Gasteiger partial charge in [-0.25, -0.2) is 4.39 Å². The monoisotopic (exact) mass is 210 g/mol. The zero-order valence-electron chi connectivity index (χ0n) is 9.84. The van der Waals surface area contributed by atoms with E-state index in [0.717, 1.165) is 5.56 Å². The van der Waals surface area contributed by atoms with Gasteiger partial charge in [0, 0.05) is 30.0 Å². The summed E-state index contributed by atoms with van der Waals surface area (Å²) in [5.74, 6) is 0. The fourth-order valence-electron chi connectivity index (χ4n) is 1.26. The summed E-state index contributed by atoms with van der Waals surface area (Å²) >= 11 is 0. The van der Waals surface area contributed by atoms with E-state index in [4.69, 9.17) is 0 Å². The minimum atomic E-state index is -0.989. The molecule has 0 aliphatic carbocycles. The van der Waals surface area contributed by atoms with Crippen molar-refractivity contribution in [2.45, 2.75) is 39.4 Å². The first kappa shape index (κ1) is 12.1. The number of hydrogen-bond acceptors (Lipinski definition) is 2. The van der Waals surface area contributed by atoms with E-state index in [9.17, 15) is 4.39 Å². The van der Waals surface area contributed by atoms with Crippen LogP contribution in [0.1, 0.15) is 38.1 Å². The number of pyridine rings is 1. The van der Waals surface area contributed by atoms with E-state index in [1.54, 1.807) is 12.4 Å². The number of hydrogen-bond donors (Lipinski definition) is 1. The van der Waals surface area contributed by atoms with Crippen LogP contribution in [0.4, 0.5) is 4.39 Å². The molecule has 84 valence electrons. The van der Waals surface area contributed by atoms with Gasteiger partial charge in [-0.15, -0.1) is 0 Å². The first-order chi connectivity index (χ1) is 6.88. The lowest BCUT2D eigenvalue weighted by molar-refractivity contribution is 0.291. The van der Waals surface area contributed by atoms with Crippen LogP contribution >= 0.6 is 0 Å². The second-order valence-corrected chi connectivity index (χ2v) is 4.89. The molecule has 3 heteroatoms. The zero-order chi connectivity index (χ0) is 11.5. The number of nitrogens with one attached hydrogen (secondary N) is 1. The summed E-state index contributed by atoms with van der Waals surface area (Å²) in [6.07, 6.45) is 2.33. The average molecular weight is 210 g/mol. The third-order valence-electron chi connectivity index (χ3n) is 2.07. The summed E-state index contributed by atoms with van der Waals surface area (Å²) in [5, 5.41) is 3.14. The topological polar surface area (TPSA) is 24.9 Å². The van der Waals surface area contributed by atoms with Gasteiger partial charge >= 0.3 is 0 Å². The van der Waals surface area contributed by atoms with Gasteiger partial charge in [-0.05, 0) is 33.3 Å². The van der Waals surface area contributed by atoms with E-state index in [1.807, 2.05) is 33.8 Å². The van der Waals surface area contributed by atoms with Crippen molar-refractivity contribution in [3.8, 4) is 0 Å². The number of aromatic nitrogens is 1. The third kappa shape index (κ3) is 4.38. The average Bonchev–Trinajstić information content (AvgIpc) is 2.13. The Bertz CT molecular complexity index is 318. The van der Waals surface area contributed by atoms with E-state index in [0.29, 0.717) is 12.1 Å². The number of nitrogens with zero attached hydrogens (tertiary/aromatic N) is 1. The second-order valence-electron chi connectivity index (χ2n) is 4.89. The number of aryl methyl sites for hydroxylation is 1. The van der Waals surface area contributed by atoms with Crippen molar-refractivity contribution in [1.29, 1.82) is 0 Å². The molecule has 1 heterocycles. The maximum atomic E-state index is 13.7. The van der Waals surface area contributed by atoms with Crippen LogP contribution in [0, 0.1) is 6.92 Å². The van der Waals surface area contributed by atoms with Gasteiger partial charge in [0.05, 0.1) is 0 Å². The van der Waals surface area contributed by atoms with Crippen molar-refractivity contribution in [3.63, 3.8) is 0 Å². The minimum Gasteiger partial charge on any atom is -0.309 e. The van der Waals surface area contributed by atoms with Crippen molar-refractivity contribution in [2.24, 2.45) is 0 Å². The van der Waals surface area contributed by atoms with Gasteiger partial charge in [0.1, 0.15) is 6.17 Å². The van der Waals surface area contributed by atoms with Crippen molar-refractivity contribution < 1.29 is 4.39 Å². The molecule has 0 fully saturated rings. The smallest absolute Gasteiger partial charge is 0.139 e. The Labute approximate surface area is 90.9 Å². The van der Waals surface area contributed by atoms with E-state index >= 15 is 0 Å². The maximum absolute atomic E-state index is 13.7. The second kappa shape index (κ2) is 4.71. The molecule has 0 radical (unpaired) electrons. The molecule has 1 aromatic heterocycles. The summed E-state index contributed by atoms with van der Waals surface area (Å²) < 4.78 is 13.7.